The lowest BCUT2D eigenvalue weighted by Crippen LogP contribution is -2.60. The Morgan fingerprint density at radius 3 is 2.23 bits per heavy atom. The van der Waals surface area contributed by atoms with Crippen molar-refractivity contribution < 1.29 is 33.4 Å². The van der Waals surface area contributed by atoms with Crippen LogP contribution in [0.5, 0.6) is 0 Å². The zero-order valence-corrected chi connectivity index (χ0v) is 20.1. The van der Waals surface area contributed by atoms with E-state index in [-0.39, 0.29) is 44.8 Å². The third-order valence-corrected chi connectivity index (χ3v) is 6.20. The maximum absolute atomic E-state index is 13.0. The van der Waals surface area contributed by atoms with Crippen LogP contribution in [0.15, 0.2) is 24.4 Å². The first-order valence-corrected chi connectivity index (χ1v) is 11.5. The lowest BCUT2D eigenvalue weighted by atomic mass is 10.1. The van der Waals surface area contributed by atoms with Crippen molar-refractivity contribution in [3.05, 3.63) is 24.4 Å². The molecule has 3 heterocycles. The normalized spacial score (nSPS) is 18.3. The number of anilines is 1. The van der Waals surface area contributed by atoms with Crippen molar-refractivity contribution in [1.82, 2.24) is 19.7 Å². The van der Waals surface area contributed by atoms with Gasteiger partial charge in [0.05, 0.1) is 20.6 Å². The summed E-state index contributed by atoms with van der Waals surface area (Å²) < 4.78 is 9.29. The van der Waals surface area contributed by atoms with Gasteiger partial charge in [-0.25, -0.2) is 4.98 Å². The number of aromatic nitrogens is 1. The molecule has 0 aliphatic carbocycles. The van der Waals surface area contributed by atoms with E-state index in [1.165, 1.54) is 24.0 Å². The SMILES string of the molecule is COC(=O)C[C@H]1C(=O)N(CC(=O)OC)CCN1C(=O)CCC(=O)N1CCN(c2ccccn2)CC1. The highest BCUT2D eigenvalue weighted by molar-refractivity contribution is 5.94. The molecule has 0 aromatic carbocycles. The standard InChI is InChI=1S/C23H31N5O7/c1-34-21(31)15-17-23(33)27(16-22(32)35-2)13-14-28(17)20(30)7-6-19(29)26-11-9-25(10-12-26)18-5-3-4-8-24-18/h3-5,8,17H,6-7,9-16H2,1-2H3/t17-/m0/s1. The summed E-state index contributed by atoms with van der Waals surface area (Å²) in [7, 11) is 2.41. The summed E-state index contributed by atoms with van der Waals surface area (Å²) >= 11 is 0. The van der Waals surface area contributed by atoms with Gasteiger partial charge in [-0.05, 0) is 12.1 Å². The quantitative estimate of drug-likeness (QED) is 0.435. The number of pyridine rings is 1. The van der Waals surface area contributed by atoms with Gasteiger partial charge < -0.3 is 29.1 Å². The molecule has 0 unspecified atom stereocenters. The van der Waals surface area contributed by atoms with Gasteiger partial charge in [-0.15, -0.1) is 0 Å². The summed E-state index contributed by atoms with van der Waals surface area (Å²) in [4.78, 5) is 72.8. The molecular formula is C23H31N5O7. The second-order valence-electron chi connectivity index (χ2n) is 8.27. The van der Waals surface area contributed by atoms with Crippen molar-refractivity contribution in [2.75, 3.05) is 64.9 Å². The summed E-state index contributed by atoms with van der Waals surface area (Å²) in [6.45, 7) is 2.35. The van der Waals surface area contributed by atoms with Crippen molar-refractivity contribution in [3.8, 4) is 0 Å². The van der Waals surface area contributed by atoms with Crippen LogP contribution in [0.25, 0.3) is 0 Å². The third-order valence-electron chi connectivity index (χ3n) is 6.20. The van der Waals surface area contributed by atoms with E-state index in [1.54, 1.807) is 11.1 Å². The predicted molar refractivity (Wildman–Crippen MR) is 123 cm³/mol. The Bertz CT molecular complexity index is 933. The number of esters is 2. The number of hydrogen-bond acceptors (Lipinski definition) is 9. The maximum Gasteiger partial charge on any atom is 0.325 e. The number of ether oxygens (including phenoxy) is 2. The number of piperazine rings is 2. The molecule has 1 aromatic heterocycles. The van der Waals surface area contributed by atoms with Crippen LogP contribution in [0.2, 0.25) is 0 Å². The van der Waals surface area contributed by atoms with E-state index in [1.807, 2.05) is 18.2 Å². The fourth-order valence-corrected chi connectivity index (χ4v) is 4.19. The number of carbonyl (C=O) groups excluding carboxylic acids is 5. The first kappa shape index (κ1) is 25.9. The Hall–Kier alpha value is -3.70. The van der Waals surface area contributed by atoms with Gasteiger partial charge in [0.15, 0.2) is 0 Å². The van der Waals surface area contributed by atoms with E-state index < -0.39 is 29.8 Å². The number of methoxy groups -OCH3 is 2. The van der Waals surface area contributed by atoms with Crippen LogP contribution < -0.4 is 4.90 Å². The average molecular weight is 490 g/mol. The third kappa shape index (κ3) is 6.67. The molecule has 0 bridgehead atoms. The lowest BCUT2D eigenvalue weighted by molar-refractivity contribution is -0.159. The summed E-state index contributed by atoms with van der Waals surface area (Å²) in [6.07, 6.45) is 1.32. The van der Waals surface area contributed by atoms with Crippen LogP contribution in [0, 0.1) is 0 Å². The van der Waals surface area contributed by atoms with E-state index in [0.29, 0.717) is 26.2 Å². The zero-order valence-electron chi connectivity index (χ0n) is 20.1. The van der Waals surface area contributed by atoms with Gasteiger partial charge in [0.2, 0.25) is 17.7 Å². The molecule has 2 fully saturated rings. The smallest absolute Gasteiger partial charge is 0.325 e. The van der Waals surface area contributed by atoms with Gasteiger partial charge in [0, 0.05) is 58.3 Å². The van der Waals surface area contributed by atoms with Gasteiger partial charge >= 0.3 is 11.9 Å². The van der Waals surface area contributed by atoms with Crippen molar-refractivity contribution in [1.29, 1.82) is 0 Å². The molecule has 0 saturated carbocycles. The molecule has 3 rings (SSSR count). The van der Waals surface area contributed by atoms with Crippen LogP contribution in [-0.2, 0) is 33.4 Å². The van der Waals surface area contributed by atoms with E-state index >= 15 is 0 Å². The number of rotatable bonds is 8. The predicted octanol–water partition coefficient (Wildman–Crippen LogP) is -0.714. The van der Waals surface area contributed by atoms with Gasteiger partial charge in [0.1, 0.15) is 18.4 Å². The molecule has 190 valence electrons. The molecule has 3 amide bonds. The summed E-state index contributed by atoms with van der Waals surface area (Å²) in [5, 5.41) is 0. The highest BCUT2D eigenvalue weighted by Gasteiger charge is 2.39. The van der Waals surface area contributed by atoms with Crippen molar-refractivity contribution in [3.63, 3.8) is 0 Å². The van der Waals surface area contributed by atoms with Crippen molar-refractivity contribution >= 4 is 35.5 Å². The highest BCUT2D eigenvalue weighted by Crippen LogP contribution is 2.18. The van der Waals surface area contributed by atoms with Gasteiger partial charge in [-0.2, -0.15) is 0 Å². The molecule has 1 aromatic rings. The Morgan fingerprint density at radius 1 is 0.914 bits per heavy atom. The molecule has 35 heavy (non-hydrogen) atoms. The van der Waals surface area contributed by atoms with Crippen LogP contribution in [0.3, 0.4) is 0 Å². The van der Waals surface area contributed by atoms with Gasteiger partial charge in [-0.3, -0.25) is 24.0 Å². The van der Waals surface area contributed by atoms with Crippen molar-refractivity contribution in [2.45, 2.75) is 25.3 Å². The number of carbonyl (C=O) groups is 5. The van der Waals surface area contributed by atoms with Crippen LogP contribution in [0.1, 0.15) is 19.3 Å². The molecule has 0 radical (unpaired) electrons. The maximum atomic E-state index is 13.0. The minimum absolute atomic E-state index is 0.00390. The number of hydrogen-bond donors (Lipinski definition) is 0. The second kappa shape index (κ2) is 12.1. The minimum Gasteiger partial charge on any atom is -0.469 e. The van der Waals surface area contributed by atoms with E-state index in [2.05, 4.69) is 19.4 Å². The molecule has 2 aliphatic rings. The Balaban J connectivity index is 1.54. The molecule has 12 heteroatoms. The van der Waals surface area contributed by atoms with E-state index in [9.17, 15) is 24.0 Å². The molecule has 12 nitrogen and oxygen atoms in total. The fourth-order valence-electron chi connectivity index (χ4n) is 4.19. The second-order valence-corrected chi connectivity index (χ2v) is 8.27. The van der Waals surface area contributed by atoms with E-state index in [0.717, 1.165) is 5.82 Å². The molecular weight excluding hydrogens is 458 g/mol. The van der Waals surface area contributed by atoms with Crippen molar-refractivity contribution in [2.24, 2.45) is 0 Å². The average Bonchev–Trinajstić information content (AvgIpc) is 2.89. The zero-order chi connectivity index (χ0) is 25.4. The Kier molecular flexibility index (Phi) is 8.98. The largest absolute Gasteiger partial charge is 0.469 e. The fraction of sp³-hybridized carbons (Fsp3) is 0.565. The Labute approximate surface area is 203 Å². The minimum atomic E-state index is -1.09. The summed E-state index contributed by atoms with van der Waals surface area (Å²) in [6, 6.07) is 4.60. The molecule has 0 spiro atoms. The first-order chi connectivity index (χ1) is 16.8. The first-order valence-electron chi connectivity index (χ1n) is 11.5. The highest BCUT2D eigenvalue weighted by atomic mass is 16.5. The van der Waals surface area contributed by atoms with Crippen LogP contribution in [-0.4, -0.2) is 115 Å². The van der Waals surface area contributed by atoms with Gasteiger partial charge in [0.25, 0.3) is 0 Å². The molecule has 2 saturated heterocycles. The van der Waals surface area contributed by atoms with Crippen LogP contribution >= 0.6 is 0 Å². The summed E-state index contributed by atoms with van der Waals surface area (Å²) in [5.74, 6) is -1.45. The van der Waals surface area contributed by atoms with Gasteiger partial charge in [-0.1, -0.05) is 6.07 Å². The van der Waals surface area contributed by atoms with Crippen LogP contribution in [0.4, 0.5) is 5.82 Å². The number of nitrogens with zero attached hydrogens (tertiary/aromatic N) is 5. The molecule has 2 aliphatic heterocycles. The van der Waals surface area contributed by atoms with E-state index in [4.69, 9.17) is 0 Å². The monoisotopic (exact) mass is 489 g/mol. The Morgan fingerprint density at radius 2 is 1.60 bits per heavy atom. The number of amides is 3. The molecule has 0 N–H and O–H groups in total. The topological polar surface area (TPSA) is 130 Å². The summed E-state index contributed by atoms with van der Waals surface area (Å²) in [5.41, 5.74) is 0. The molecule has 1 atom stereocenters. The lowest BCUT2D eigenvalue weighted by Gasteiger charge is -2.40.